The lowest BCUT2D eigenvalue weighted by Gasteiger charge is -2.22. The number of likely N-dealkylation sites (tertiary alicyclic amines) is 1. The van der Waals surface area contributed by atoms with Crippen LogP contribution in [0.2, 0.25) is 0 Å². The van der Waals surface area contributed by atoms with Crippen LogP contribution in [-0.4, -0.2) is 46.1 Å². The average molecular weight is 313 g/mol. The van der Waals surface area contributed by atoms with Crippen LogP contribution >= 0.6 is 0 Å². The Hall–Kier alpha value is -1.31. The van der Waals surface area contributed by atoms with Crippen molar-refractivity contribution in [3.8, 4) is 5.75 Å². The predicted octanol–water partition coefficient (Wildman–Crippen LogP) is 1.04. The van der Waals surface area contributed by atoms with Crippen LogP contribution in [0.4, 0.5) is 5.69 Å². The van der Waals surface area contributed by atoms with Crippen molar-refractivity contribution >= 4 is 15.7 Å². The molecule has 0 aliphatic carbocycles. The molecule has 0 aromatic heterocycles. The monoisotopic (exact) mass is 313 g/mol. The third kappa shape index (κ3) is 3.66. The van der Waals surface area contributed by atoms with Gasteiger partial charge in [-0.25, -0.2) is 13.1 Å². The Morgan fingerprint density at radius 1 is 1.48 bits per heavy atom. The highest BCUT2D eigenvalue weighted by Gasteiger charge is 2.25. The van der Waals surface area contributed by atoms with E-state index in [1.165, 1.54) is 19.2 Å². The van der Waals surface area contributed by atoms with Gasteiger partial charge >= 0.3 is 0 Å². The summed E-state index contributed by atoms with van der Waals surface area (Å²) in [6.45, 7) is 4.51. The number of hydrogen-bond acceptors (Lipinski definition) is 5. The number of benzene rings is 1. The molecule has 7 heteroatoms. The SMILES string of the molecule is CCN1CCCC1CNS(=O)(=O)c1ccc(OC)c(N)c1. The van der Waals surface area contributed by atoms with E-state index in [1.54, 1.807) is 6.07 Å². The third-order valence-corrected chi connectivity index (χ3v) is 5.35. The molecule has 2 rings (SSSR count). The fourth-order valence-corrected chi connectivity index (χ4v) is 3.82. The summed E-state index contributed by atoms with van der Waals surface area (Å²) in [5.41, 5.74) is 6.08. The maximum atomic E-state index is 12.3. The zero-order valence-electron chi connectivity index (χ0n) is 12.5. The van der Waals surface area contributed by atoms with E-state index in [9.17, 15) is 8.42 Å². The molecule has 1 aliphatic heterocycles. The van der Waals surface area contributed by atoms with Crippen LogP contribution in [0.25, 0.3) is 0 Å². The van der Waals surface area contributed by atoms with Gasteiger partial charge in [0.25, 0.3) is 0 Å². The standard InChI is InChI=1S/C14H23N3O3S/c1-3-17-8-4-5-11(17)10-16-21(18,19)12-6-7-14(20-2)13(15)9-12/h6-7,9,11,16H,3-5,8,10,15H2,1-2H3. The number of nitrogens with two attached hydrogens (primary N) is 1. The Bertz CT molecular complexity index is 589. The largest absolute Gasteiger partial charge is 0.495 e. The topological polar surface area (TPSA) is 84.7 Å². The molecule has 0 radical (unpaired) electrons. The predicted molar refractivity (Wildman–Crippen MR) is 82.9 cm³/mol. The molecule has 1 saturated heterocycles. The van der Waals surface area contributed by atoms with Crippen molar-refractivity contribution in [1.82, 2.24) is 9.62 Å². The molecule has 1 aromatic rings. The van der Waals surface area contributed by atoms with Gasteiger partial charge in [-0.3, -0.25) is 4.90 Å². The molecule has 1 heterocycles. The van der Waals surface area contributed by atoms with Gasteiger partial charge in [-0.15, -0.1) is 0 Å². The average Bonchev–Trinajstić information content (AvgIpc) is 2.92. The van der Waals surface area contributed by atoms with Gasteiger partial charge in [0.2, 0.25) is 10.0 Å². The van der Waals surface area contributed by atoms with Crippen LogP contribution in [0.3, 0.4) is 0 Å². The van der Waals surface area contributed by atoms with Crippen LogP contribution in [-0.2, 0) is 10.0 Å². The summed E-state index contributed by atoms with van der Waals surface area (Å²) in [7, 11) is -2.04. The number of ether oxygens (including phenoxy) is 1. The molecule has 1 fully saturated rings. The normalized spacial score (nSPS) is 19.8. The fourth-order valence-electron chi connectivity index (χ4n) is 2.71. The number of sulfonamides is 1. The van der Waals surface area contributed by atoms with E-state index in [2.05, 4.69) is 16.5 Å². The lowest BCUT2D eigenvalue weighted by atomic mass is 10.2. The summed E-state index contributed by atoms with van der Waals surface area (Å²) >= 11 is 0. The molecule has 1 aliphatic rings. The summed E-state index contributed by atoms with van der Waals surface area (Å²) in [6, 6.07) is 4.77. The molecule has 21 heavy (non-hydrogen) atoms. The second kappa shape index (κ2) is 6.64. The van der Waals surface area contributed by atoms with Crippen molar-refractivity contribution in [2.24, 2.45) is 0 Å². The van der Waals surface area contributed by atoms with Crippen LogP contribution in [0.1, 0.15) is 19.8 Å². The summed E-state index contributed by atoms with van der Waals surface area (Å²) in [4.78, 5) is 2.46. The van der Waals surface area contributed by atoms with Gasteiger partial charge in [0.05, 0.1) is 17.7 Å². The Morgan fingerprint density at radius 3 is 2.86 bits per heavy atom. The van der Waals surface area contributed by atoms with Gasteiger partial charge in [0, 0.05) is 12.6 Å². The van der Waals surface area contributed by atoms with Gasteiger partial charge in [0.1, 0.15) is 5.75 Å². The van der Waals surface area contributed by atoms with Crippen molar-refractivity contribution in [2.75, 3.05) is 32.5 Å². The first-order valence-electron chi connectivity index (χ1n) is 7.15. The Labute approximate surface area is 126 Å². The number of hydrogen-bond donors (Lipinski definition) is 2. The number of nitrogens with zero attached hydrogens (tertiary/aromatic N) is 1. The molecule has 0 saturated carbocycles. The van der Waals surface area contributed by atoms with E-state index in [0.717, 1.165) is 25.9 Å². The first-order valence-corrected chi connectivity index (χ1v) is 8.63. The first kappa shape index (κ1) is 16.1. The lowest BCUT2D eigenvalue weighted by molar-refractivity contribution is 0.268. The molecule has 0 bridgehead atoms. The van der Waals surface area contributed by atoms with E-state index >= 15 is 0 Å². The lowest BCUT2D eigenvalue weighted by Crippen LogP contribution is -2.40. The molecule has 1 atom stereocenters. The number of nitrogens with one attached hydrogen (secondary N) is 1. The highest BCUT2D eigenvalue weighted by Crippen LogP contribution is 2.24. The Balaban J connectivity index is 2.06. The molecule has 118 valence electrons. The molecule has 6 nitrogen and oxygen atoms in total. The smallest absolute Gasteiger partial charge is 0.240 e. The van der Waals surface area contributed by atoms with Gasteiger partial charge in [-0.2, -0.15) is 0 Å². The number of likely N-dealkylation sites (N-methyl/N-ethyl adjacent to an activating group) is 1. The van der Waals surface area contributed by atoms with E-state index in [0.29, 0.717) is 18.0 Å². The van der Waals surface area contributed by atoms with E-state index in [-0.39, 0.29) is 10.9 Å². The Kier molecular flexibility index (Phi) is 5.08. The van der Waals surface area contributed by atoms with Crippen molar-refractivity contribution < 1.29 is 13.2 Å². The molecule has 1 unspecified atom stereocenters. The number of anilines is 1. The first-order chi connectivity index (χ1) is 9.97. The minimum absolute atomic E-state index is 0.168. The molecule has 3 N–H and O–H groups in total. The quantitative estimate of drug-likeness (QED) is 0.767. The highest BCUT2D eigenvalue weighted by molar-refractivity contribution is 7.89. The summed E-state index contributed by atoms with van der Waals surface area (Å²) < 4.78 is 32.3. The van der Waals surface area contributed by atoms with Crippen LogP contribution < -0.4 is 15.2 Å². The summed E-state index contributed by atoms with van der Waals surface area (Å²) in [5.74, 6) is 0.474. The minimum atomic E-state index is -3.54. The molecular formula is C14H23N3O3S. The van der Waals surface area contributed by atoms with Gasteiger partial charge in [-0.05, 0) is 44.1 Å². The van der Waals surface area contributed by atoms with Gasteiger partial charge in [-0.1, -0.05) is 6.92 Å². The van der Waals surface area contributed by atoms with Crippen molar-refractivity contribution in [3.63, 3.8) is 0 Å². The molecule has 0 spiro atoms. The minimum Gasteiger partial charge on any atom is -0.495 e. The van der Waals surface area contributed by atoms with E-state index < -0.39 is 10.0 Å². The van der Waals surface area contributed by atoms with Crippen LogP contribution in [0.5, 0.6) is 5.75 Å². The fraction of sp³-hybridized carbons (Fsp3) is 0.571. The highest BCUT2D eigenvalue weighted by atomic mass is 32.2. The molecule has 1 aromatic carbocycles. The number of methoxy groups -OCH3 is 1. The Morgan fingerprint density at radius 2 is 2.24 bits per heavy atom. The maximum absolute atomic E-state index is 12.3. The van der Waals surface area contributed by atoms with Crippen molar-refractivity contribution in [1.29, 1.82) is 0 Å². The number of rotatable bonds is 6. The third-order valence-electron chi connectivity index (χ3n) is 3.93. The van der Waals surface area contributed by atoms with E-state index in [4.69, 9.17) is 10.5 Å². The zero-order chi connectivity index (χ0) is 15.5. The maximum Gasteiger partial charge on any atom is 0.240 e. The van der Waals surface area contributed by atoms with Crippen molar-refractivity contribution in [2.45, 2.75) is 30.7 Å². The van der Waals surface area contributed by atoms with Gasteiger partial charge in [0.15, 0.2) is 0 Å². The molecule has 0 amide bonds. The van der Waals surface area contributed by atoms with Crippen LogP contribution in [0.15, 0.2) is 23.1 Å². The van der Waals surface area contributed by atoms with Gasteiger partial charge < -0.3 is 10.5 Å². The molecular weight excluding hydrogens is 290 g/mol. The summed E-state index contributed by atoms with van der Waals surface area (Å²) in [6.07, 6.45) is 2.15. The number of nitrogen functional groups attached to an aromatic ring is 1. The zero-order valence-corrected chi connectivity index (χ0v) is 13.3. The second-order valence-corrected chi connectivity index (χ2v) is 6.95. The second-order valence-electron chi connectivity index (χ2n) is 5.18. The van der Waals surface area contributed by atoms with Crippen molar-refractivity contribution in [3.05, 3.63) is 18.2 Å². The summed E-state index contributed by atoms with van der Waals surface area (Å²) in [5, 5.41) is 0. The van der Waals surface area contributed by atoms with Crippen LogP contribution in [0, 0.1) is 0 Å². The van der Waals surface area contributed by atoms with E-state index in [1.807, 2.05) is 0 Å².